The summed E-state index contributed by atoms with van der Waals surface area (Å²) in [6, 6.07) is 2.04. The van der Waals surface area contributed by atoms with Gasteiger partial charge in [0.2, 0.25) is 0 Å². The van der Waals surface area contributed by atoms with Gasteiger partial charge < -0.3 is 9.64 Å². The fourth-order valence-electron chi connectivity index (χ4n) is 2.25. The number of thiazole rings is 1. The van der Waals surface area contributed by atoms with E-state index in [1.54, 1.807) is 11.3 Å². The predicted molar refractivity (Wildman–Crippen MR) is 81.5 cm³/mol. The van der Waals surface area contributed by atoms with E-state index in [4.69, 9.17) is 4.74 Å². The van der Waals surface area contributed by atoms with Crippen molar-refractivity contribution in [1.82, 2.24) is 9.88 Å². The van der Waals surface area contributed by atoms with Crippen LogP contribution in [-0.2, 0) is 4.74 Å². The SMILES string of the molecule is Cc1nc(-c2ccsc2)sc1C(=O)N1CCOC(C)C1. The molecule has 0 radical (unpaired) electrons. The molecule has 6 heteroatoms. The average Bonchev–Trinajstić information content (AvgIpc) is 3.07. The molecular formula is C14H16N2O2S2. The number of aryl methyl sites for hydroxylation is 1. The summed E-state index contributed by atoms with van der Waals surface area (Å²) in [4.78, 5) is 19.7. The summed E-state index contributed by atoms with van der Waals surface area (Å²) in [5, 5.41) is 5.01. The third-order valence-corrected chi connectivity index (χ3v) is 5.16. The molecule has 0 aliphatic carbocycles. The van der Waals surface area contributed by atoms with Gasteiger partial charge in [0.25, 0.3) is 5.91 Å². The second kappa shape index (κ2) is 5.63. The van der Waals surface area contributed by atoms with Crippen molar-refractivity contribution < 1.29 is 9.53 Å². The highest BCUT2D eigenvalue weighted by atomic mass is 32.1. The number of thiophene rings is 1. The lowest BCUT2D eigenvalue weighted by atomic mass is 10.2. The zero-order valence-corrected chi connectivity index (χ0v) is 13.1. The molecule has 1 unspecified atom stereocenters. The molecule has 1 aliphatic heterocycles. The largest absolute Gasteiger partial charge is 0.375 e. The molecule has 2 aromatic rings. The summed E-state index contributed by atoms with van der Waals surface area (Å²) >= 11 is 3.12. The van der Waals surface area contributed by atoms with Crippen LogP contribution >= 0.6 is 22.7 Å². The smallest absolute Gasteiger partial charge is 0.266 e. The maximum atomic E-state index is 12.6. The van der Waals surface area contributed by atoms with Crippen LogP contribution in [-0.4, -0.2) is 41.6 Å². The van der Waals surface area contributed by atoms with Crippen LogP contribution in [0, 0.1) is 6.92 Å². The molecule has 1 fully saturated rings. The molecule has 0 spiro atoms. The van der Waals surface area contributed by atoms with Crippen LogP contribution in [0.4, 0.5) is 0 Å². The van der Waals surface area contributed by atoms with Crippen LogP contribution in [0.2, 0.25) is 0 Å². The van der Waals surface area contributed by atoms with E-state index in [1.807, 2.05) is 30.2 Å². The second-order valence-corrected chi connectivity index (χ2v) is 6.66. The Bertz CT molecular complexity index is 607. The topological polar surface area (TPSA) is 42.4 Å². The molecule has 1 saturated heterocycles. The maximum absolute atomic E-state index is 12.6. The van der Waals surface area contributed by atoms with Gasteiger partial charge in [0.15, 0.2) is 0 Å². The van der Waals surface area contributed by atoms with E-state index in [0.29, 0.717) is 19.7 Å². The second-order valence-electron chi connectivity index (χ2n) is 4.88. The predicted octanol–water partition coefficient (Wildman–Crippen LogP) is 3.04. The molecule has 4 nitrogen and oxygen atoms in total. The van der Waals surface area contributed by atoms with E-state index < -0.39 is 0 Å². The Morgan fingerprint density at radius 2 is 2.40 bits per heavy atom. The van der Waals surface area contributed by atoms with Crippen molar-refractivity contribution >= 4 is 28.6 Å². The third kappa shape index (κ3) is 2.63. The molecule has 0 bridgehead atoms. The summed E-state index contributed by atoms with van der Waals surface area (Å²) in [6.45, 7) is 5.83. The zero-order chi connectivity index (χ0) is 14.1. The molecule has 0 aromatic carbocycles. The number of hydrogen-bond acceptors (Lipinski definition) is 5. The molecule has 3 heterocycles. The Kier molecular flexibility index (Phi) is 3.87. The standard InChI is InChI=1S/C14H16N2O2S2/c1-9-7-16(4-5-18-9)14(17)12-10(2)15-13(20-12)11-3-6-19-8-11/h3,6,8-9H,4-5,7H2,1-2H3. The number of carbonyl (C=O) groups is 1. The Labute approximate surface area is 126 Å². The molecule has 0 saturated carbocycles. The summed E-state index contributed by atoms with van der Waals surface area (Å²) in [6.07, 6.45) is 0.109. The lowest BCUT2D eigenvalue weighted by Gasteiger charge is -2.30. The van der Waals surface area contributed by atoms with Crippen LogP contribution < -0.4 is 0 Å². The molecule has 3 rings (SSSR count). The highest BCUT2D eigenvalue weighted by molar-refractivity contribution is 7.17. The number of morpholine rings is 1. The highest BCUT2D eigenvalue weighted by Gasteiger charge is 2.26. The minimum absolute atomic E-state index is 0.0802. The fourth-order valence-corrected chi connectivity index (χ4v) is 4.00. The van der Waals surface area contributed by atoms with Gasteiger partial charge in [-0.1, -0.05) is 0 Å². The summed E-state index contributed by atoms with van der Waals surface area (Å²) < 4.78 is 5.48. The molecule has 0 N–H and O–H groups in total. The van der Waals surface area contributed by atoms with Crippen molar-refractivity contribution in [1.29, 1.82) is 0 Å². The van der Waals surface area contributed by atoms with E-state index in [2.05, 4.69) is 10.4 Å². The van der Waals surface area contributed by atoms with Crippen LogP contribution in [0.3, 0.4) is 0 Å². The zero-order valence-electron chi connectivity index (χ0n) is 11.5. The van der Waals surface area contributed by atoms with Gasteiger partial charge in [-0.2, -0.15) is 11.3 Å². The first-order valence-corrected chi connectivity index (χ1v) is 8.32. The average molecular weight is 308 g/mol. The number of carbonyl (C=O) groups excluding carboxylic acids is 1. The Hall–Kier alpha value is -1.24. The van der Waals surface area contributed by atoms with Gasteiger partial charge in [-0.15, -0.1) is 11.3 Å². The van der Waals surface area contributed by atoms with Crippen molar-refractivity contribution in [2.75, 3.05) is 19.7 Å². The summed E-state index contributed by atoms with van der Waals surface area (Å²) in [5.74, 6) is 0.0802. The van der Waals surface area contributed by atoms with Crippen molar-refractivity contribution in [3.63, 3.8) is 0 Å². The number of amides is 1. The van der Waals surface area contributed by atoms with Crippen molar-refractivity contribution in [2.45, 2.75) is 20.0 Å². The molecular weight excluding hydrogens is 292 g/mol. The summed E-state index contributed by atoms with van der Waals surface area (Å²) in [7, 11) is 0. The first-order chi connectivity index (χ1) is 9.65. The fraction of sp³-hybridized carbons (Fsp3) is 0.429. The number of hydrogen-bond donors (Lipinski definition) is 0. The van der Waals surface area contributed by atoms with E-state index >= 15 is 0 Å². The number of nitrogens with zero attached hydrogens (tertiary/aromatic N) is 2. The van der Waals surface area contributed by atoms with Gasteiger partial charge in [0.05, 0.1) is 18.4 Å². The Morgan fingerprint density at radius 3 is 3.10 bits per heavy atom. The van der Waals surface area contributed by atoms with E-state index in [9.17, 15) is 4.79 Å². The Morgan fingerprint density at radius 1 is 1.55 bits per heavy atom. The van der Waals surface area contributed by atoms with Gasteiger partial charge >= 0.3 is 0 Å². The van der Waals surface area contributed by atoms with E-state index in [0.717, 1.165) is 21.1 Å². The van der Waals surface area contributed by atoms with Crippen molar-refractivity contribution in [3.05, 3.63) is 27.4 Å². The van der Waals surface area contributed by atoms with Crippen LogP contribution in [0.1, 0.15) is 22.3 Å². The molecule has 1 atom stereocenters. The Balaban J connectivity index is 1.85. The molecule has 1 aliphatic rings. The van der Waals surface area contributed by atoms with Crippen molar-refractivity contribution in [2.24, 2.45) is 0 Å². The molecule has 20 heavy (non-hydrogen) atoms. The first kappa shape index (κ1) is 13.7. The lowest BCUT2D eigenvalue weighted by Crippen LogP contribution is -2.44. The van der Waals surface area contributed by atoms with Gasteiger partial charge in [0, 0.05) is 24.0 Å². The first-order valence-electron chi connectivity index (χ1n) is 6.56. The van der Waals surface area contributed by atoms with Gasteiger partial charge in [-0.05, 0) is 25.3 Å². The molecule has 106 valence electrons. The van der Waals surface area contributed by atoms with Crippen LogP contribution in [0.5, 0.6) is 0 Å². The van der Waals surface area contributed by atoms with Crippen LogP contribution in [0.25, 0.3) is 10.6 Å². The van der Waals surface area contributed by atoms with Crippen LogP contribution in [0.15, 0.2) is 16.8 Å². The minimum atomic E-state index is 0.0802. The minimum Gasteiger partial charge on any atom is -0.375 e. The van der Waals surface area contributed by atoms with E-state index in [-0.39, 0.29) is 12.0 Å². The van der Waals surface area contributed by atoms with Gasteiger partial charge in [-0.3, -0.25) is 4.79 Å². The molecule has 1 amide bonds. The number of rotatable bonds is 2. The monoisotopic (exact) mass is 308 g/mol. The maximum Gasteiger partial charge on any atom is 0.266 e. The number of ether oxygens (including phenoxy) is 1. The summed E-state index contributed by atoms with van der Waals surface area (Å²) in [5.41, 5.74) is 1.91. The van der Waals surface area contributed by atoms with Crippen molar-refractivity contribution in [3.8, 4) is 10.6 Å². The third-order valence-electron chi connectivity index (χ3n) is 3.29. The normalized spacial score (nSPS) is 19.3. The van der Waals surface area contributed by atoms with E-state index in [1.165, 1.54) is 11.3 Å². The van der Waals surface area contributed by atoms with Gasteiger partial charge in [-0.25, -0.2) is 4.98 Å². The van der Waals surface area contributed by atoms with Gasteiger partial charge in [0.1, 0.15) is 9.88 Å². The highest BCUT2D eigenvalue weighted by Crippen LogP contribution is 2.30. The number of aromatic nitrogens is 1. The molecule has 2 aromatic heterocycles. The quantitative estimate of drug-likeness (QED) is 0.856. The lowest BCUT2D eigenvalue weighted by molar-refractivity contribution is -0.0122.